The zero-order valence-corrected chi connectivity index (χ0v) is 17.1. The van der Waals surface area contributed by atoms with Crippen molar-refractivity contribution in [2.45, 2.75) is 38.8 Å². The minimum absolute atomic E-state index is 0.0283. The van der Waals surface area contributed by atoms with Crippen molar-refractivity contribution in [2.24, 2.45) is 5.92 Å². The molecule has 0 aliphatic rings. The van der Waals surface area contributed by atoms with Crippen LogP contribution >= 0.6 is 0 Å². The number of carbonyl (C=O) groups is 3. The molecular formula is C22H24F2N2O5. The Bertz CT molecular complexity index is 927. The average Bonchev–Trinajstić information content (AvgIpc) is 2.66. The highest BCUT2D eigenvalue weighted by Crippen LogP contribution is 2.15. The predicted molar refractivity (Wildman–Crippen MR) is 110 cm³/mol. The molecule has 0 bridgehead atoms. The molecule has 0 unspecified atom stereocenters. The summed E-state index contributed by atoms with van der Waals surface area (Å²) in [6.45, 7) is 3.69. The molecule has 4 N–H and O–H groups in total. The van der Waals surface area contributed by atoms with Crippen molar-refractivity contribution in [1.82, 2.24) is 5.32 Å². The SMILES string of the molecule is CC(C)C[C@H](N[C@@H](Cc1ccc(NC(=O)c2cc(F)cc(F)c2)cc1)C(=O)O)C(=O)O. The van der Waals surface area contributed by atoms with Crippen LogP contribution in [0.2, 0.25) is 0 Å². The van der Waals surface area contributed by atoms with Gasteiger partial charge >= 0.3 is 11.9 Å². The van der Waals surface area contributed by atoms with Crippen LogP contribution in [0.5, 0.6) is 0 Å². The molecule has 9 heteroatoms. The van der Waals surface area contributed by atoms with Crippen LogP contribution in [0.4, 0.5) is 14.5 Å². The summed E-state index contributed by atoms with van der Waals surface area (Å²) in [5.74, 6) is -4.67. The van der Waals surface area contributed by atoms with Gasteiger partial charge in [-0.15, -0.1) is 0 Å². The van der Waals surface area contributed by atoms with Crippen molar-refractivity contribution in [3.8, 4) is 0 Å². The Morgan fingerprint density at radius 3 is 1.94 bits per heavy atom. The van der Waals surface area contributed by atoms with Gasteiger partial charge in [0.25, 0.3) is 5.91 Å². The first-order valence-electron chi connectivity index (χ1n) is 9.63. The summed E-state index contributed by atoms with van der Waals surface area (Å²) in [7, 11) is 0. The van der Waals surface area contributed by atoms with Crippen molar-refractivity contribution < 1.29 is 33.4 Å². The highest BCUT2D eigenvalue weighted by molar-refractivity contribution is 6.04. The monoisotopic (exact) mass is 434 g/mol. The Morgan fingerprint density at radius 2 is 1.45 bits per heavy atom. The zero-order valence-electron chi connectivity index (χ0n) is 17.1. The summed E-state index contributed by atoms with van der Waals surface area (Å²) in [6.07, 6.45) is 0.311. The van der Waals surface area contributed by atoms with E-state index in [4.69, 9.17) is 0 Å². The molecule has 1 amide bonds. The molecule has 31 heavy (non-hydrogen) atoms. The van der Waals surface area contributed by atoms with Gasteiger partial charge in [-0.1, -0.05) is 26.0 Å². The molecule has 0 saturated heterocycles. The third-order valence-electron chi connectivity index (χ3n) is 4.48. The Hall–Kier alpha value is -3.33. The van der Waals surface area contributed by atoms with Gasteiger partial charge in [0.2, 0.25) is 0 Å². The van der Waals surface area contributed by atoms with Crippen LogP contribution in [0.3, 0.4) is 0 Å². The second-order valence-corrected chi connectivity index (χ2v) is 7.59. The van der Waals surface area contributed by atoms with Crippen LogP contribution < -0.4 is 10.6 Å². The third kappa shape index (κ3) is 7.45. The van der Waals surface area contributed by atoms with Crippen molar-refractivity contribution >= 4 is 23.5 Å². The number of halogens is 2. The fraction of sp³-hybridized carbons (Fsp3) is 0.318. The van der Waals surface area contributed by atoms with Gasteiger partial charge in [-0.05, 0) is 48.6 Å². The zero-order chi connectivity index (χ0) is 23.1. The molecule has 0 aliphatic heterocycles. The molecule has 0 radical (unpaired) electrons. The van der Waals surface area contributed by atoms with Crippen molar-refractivity contribution in [2.75, 3.05) is 5.32 Å². The van der Waals surface area contributed by atoms with E-state index in [2.05, 4.69) is 10.6 Å². The number of benzene rings is 2. The first kappa shape index (κ1) is 23.9. The molecule has 0 heterocycles. The molecule has 0 aromatic heterocycles. The highest BCUT2D eigenvalue weighted by atomic mass is 19.1. The number of hydrogen-bond donors (Lipinski definition) is 4. The standard InChI is InChI=1S/C22H24F2N2O5/c1-12(2)7-18(21(28)29)26-19(22(30)31)8-13-3-5-17(6-4-13)25-20(27)14-9-15(23)11-16(24)10-14/h3-6,9-12,18-19,26H,7-8H2,1-2H3,(H,25,27)(H,28,29)(H,30,31)/t18-,19-/m0/s1. The van der Waals surface area contributed by atoms with E-state index in [1.807, 2.05) is 13.8 Å². The Balaban J connectivity index is 2.06. The number of carboxylic acid groups (broad SMARTS) is 2. The number of nitrogens with one attached hydrogen (secondary N) is 2. The fourth-order valence-electron chi connectivity index (χ4n) is 3.02. The molecule has 0 fully saturated rings. The number of carboxylic acids is 2. The Kier molecular flexibility index (Phi) is 8.21. The largest absolute Gasteiger partial charge is 0.480 e. The molecule has 166 valence electrons. The Labute approximate surface area is 178 Å². The highest BCUT2D eigenvalue weighted by Gasteiger charge is 2.26. The van der Waals surface area contributed by atoms with Crippen molar-refractivity contribution in [1.29, 1.82) is 0 Å². The topological polar surface area (TPSA) is 116 Å². The van der Waals surface area contributed by atoms with Gasteiger partial charge in [0.15, 0.2) is 0 Å². The number of amides is 1. The summed E-state index contributed by atoms with van der Waals surface area (Å²) in [6, 6.07) is 6.57. The minimum atomic E-state index is -1.18. The quantitative estimate of drug-likeness (QED) is 0.456. The predicted octanol–water partition coefficient (Wildman–Crippen LogP) is 3.30. The van der Waals surface area contributed by atoms with Crippen LogP contribution in [-0.2, 0) is 16.0 Å². The van der Waals surface area contributed by atoms with Gasteiger partial charge in [-0.2, -0.15) is 0 Å². The third-order valence-corrected chi connectivity index (χ3v) is 4.48. The van der Waals surface area contributed by atoms with Gasteiger partial charge < -0.3 is 15.5 Å². The molecule has 2 rings (SSSR count). The number of anilines is 1. The van der Waals surface area contributed by atoms with Gasteiger partial charge in [0.1, 0.15) is 23.7 Å². The van der Waals surface area contributed by atoms with E-state index in [1.54, 1.807) is 12.1 Å². The molecule has 2 aromatic carbocycles. The van der Waals surface area contributed by atoms with Gasteiger partial charge in [0, 0.05) is 17.3 Å². The second kappa shape index (κ2) is 10.6. The molecule has 0 spiro atoms. The number of carbonyl (C=O) groups excluding carboxylic acids is 1. The number of rotatable bonds is 10. The van der Waals surface area contributed by atoms with Crippen molar-refractivity contribution in [3.63, 3.8) is 0 Å². The van der Waals surface area contributed by atoms with Crippen LogP contribution in [0, 0.1) is 17.6 Å². The van der Waals surface area contributed by atoms with Gasteiger partial charge in [0.05, 0.1) is 0 Å². The fourth-order valence-corrected chi connectivity index (χ4v) is 3.02. The normalized spacial score (nSPS) is 12.9. The molecule has 2 aromatic rings. The maximum Gasteiger partial charge on any atom is 0.321 e. The average molecular weight is 434 g/mol. The Morgan fingerprint density at radius 1 is 0.903 bits per heavy atom. The molecule has 0 aliphatic carbocycles. The minimum Gasteiger partial charge on any atom is -0.480 e. The summed E-state index contributed by atoms with van der Waals surface area (Å²) in [5.41, 5.74) is 0.770. The lowest BCUT2D eigenvalue weighted by molar-refractivity contribution is -0.142. The van der Waals surface area contributed by atoms with E-state index >= 15 is 0 Å². The van der Waals surface area contributed by atoms with Crippen LogP contribution in [0.25, 0.3) is 0 Å². The second-order valence-electron chi connectivity index (χ2n) is 7.59. The summed E-state index contributed by atoms with van der Waals surface area (Å²) in [4.78, 5) is 35.2. The molecular weight excluding hydrogens is 410 g/mol. The maximum absolute atomic E-state index is 13.3. The first-order chi connectivity index (χ1) is 14.5. The number of aliphatic carboxylic acids is 2. The molecule has 2 atom stereocenters. The van der Waals surface area contributed by atoms with Gasteiger partial charge in [-0.25, -0.2) is 8.78 Å². The van der Waals surface area contributed by atoms with Crippen LogP contribution in [-0.4, -0.2) is 40.1 Å². The van der Waals surface area contributed by atoms with E-state index < -0.39 is 41.6 Å². The lowest BCUT2D eigenvalue weighted by Crippen LogP contribution is -2.48. The van der Waals surface area contributed by atoms with Gasteiger partial charge in [-0.3, -0.25) is 19.7 Å². The smallest absolute Gasteiger partial charge is 0.321 e. The van der Waals surface area contributed by atoms with E-state index in [1.165, 1.54) is 12.1 Å². The number of hydrogen-bond acceptors (Lipinski definition) is 4. The van der Waals surface area contributed by atoms with E-state index in [-0.39, 0.29) is 24.3 Å². The van der Waals surface area contributed by atoms with E-state index in [0.717, 1.165) is 12.1 Å². The lowest BCUT2D eigenvalue weighted by Gasteiger charge is -2.22. The first-order valence-corrected chi connectivity index (χ1v) is 9.63. The van der Waals surface area contributed by atoms with Crippen molar-refractivity contribution in [3.05, 3.63) is 65.2 Å². The summed E-state index contributed by atoms with van der Waals surface area (Å²) < 4.78 is 26.5. The van der Waals surface area contributed by atoms with Crippen LogP contribution in [0.15, 0.2) is 42.5 Å². The molecule has 7 nitrogen and oxygen atoms in total. The van der Waals surface area contributed by atoms with Crippen LogP contribution in [0.1, 0.15) is 36.2 Å². The molecule has 0 saturated carbocycles. The summed E-state index contributed by atoms with van der Waals surface area (Å²) in [5, 5.41) is 24.0. The maximum atomic E-state index is 13.3. The lowest BCUT2D eigenvalue weighted by atomic mass is 10.0. The van der Waals surface area contributed by atoms with E-state index in [9.17, 15) is 33.4 Å². The van der Waals surface area contributed by atoms with E-state index in [0.29, 0.717) is 17.3 Å². The summed E-state index contributed by atoms with van der Waals surface area (Å²) >= 11 is 0.